The van der Waals surface area contributed by atoms with Gasteiger partial charge in [-0.1, -0.05) is 79.8 Å². The normalized spacial score (nSPS) is 40.4. The molecule has 0 aromatic carbocycles. The molecule has 0 bridgehead atoms. The van der Waals surface area contributed by atoms with E-state index in [0.717, 1.165) is 0 Å². The number of aliphatic hydroxyl groups is 10. The van der Waals surface area contributed by atoms with Gasteiger partial charge in [-0.05, 0) is 52.4 Å². The minimum absolute atomic E-state index is 0.134. The van der Waals surface area contributed by atoms with Gasteiger partial charge in [0.1, 0.15) is 23.4 Å². The van der Waals surface area contributed by atoms with Gasteiger partial charge in [0.15, 0.2) is 0 Å². The van der Waals surface area contributed by atoms with Crippen molar-refractivity contribution in [2.75, 3.05) is 0 Å². The second-order valence-electron chi connectivity index (χ2n) is 14.8. The molecule has 1 aliphatic heterocycles. The number of aliphatic hydroxyl groups excluding tert-OH is 9. The molecular formula is C41H64O15. The molecule has 0 amide bonds. The van der Waals surface area contributed by atoms with Crippen molar-refractivity contribution in [1.29, 1.82) is 0 Å². The molecule has 0 saturated carbocycles. The van der Waals surface area contributed by atoms with E-state index >= 15 is 0 Å². The minimum Gasteiger partial charge on any atom is -0.481 e. The largest absolute Gasteiger partial charge is 0.481 e. The first-order valence-corrected chi connectivity index (χ1v) is 19.0. The fourth-order valence-corrected chi connectivity index (χ4v) is 6.04. The molecule has 15 heteroatoms. The van der Waals surface area contributed by atoms with Gasteiger partial charge in [0.25, 0.3) is 0 Å². The van der Waals surface area contributed by atoms with Crippen molar-refractivity contribution >= 4 is 17.7 Å². The number of esters is 1. The highest BCUT2D eigenvalue weighted by atomic mass is 16.5. The van der Waals surface area contributed by atoms with Crippen LogP contribution in [0.3, 0.4) is 0 Å². The zero-order chi connectivity index (χ0) is 42.4. The number of ether oxygens (including phenoxy) is 1. The van der Waals surface area contributed by atoms with Crippen molar-refractivity contribution in [3.05, 3.63) is 72.9 Å². The summed E-state index contributed by atoms with van der Waals surface area (Å²) in [7, 11) is 0. The van der Waals surface area contributed by atoms with Crippen LogP contribution in [0, 0.1) is 11.8 Å². The van der Waals surface area contributed by atoms with Crippen LogP contribution >= 0.6 is 0 Å². The van der Waals surface area contributed by atoms with Gasteiger partial charge in [-0.3, -0.25) is 14.4 Å². The predicted molar refractivity (Wildman–Crippen MR) is 207 cm³/mol. The van der Waals surface area contributed by atoms with Crippen LogP contribution in [0.5, 0.6) is 0 Å². The smallest absolute Gasteiger partial charge is 0.311 e. The van der Waals surface area contributed by atoms with E-state index in [2.05, 4.69) is 0 Å². The Kier molecular flexibility index (Phi) is 24.0. The molecule has 1 rings (SSSR count). The molecule has 0 aromatic heterocycles. The number of Topliss-reactive ketones (excluding diaryl/α,β-unsaturated/α-hetero) is 1. The SMILES string of the molecule is CC1OC(=O)CC(O)CC(O)CC(O)CCC(O)C(O)CC(=O)CC(O)C(C(=O)O)C(O)CC(O)/C=C/C=C\C=C\C=C\CC/C=C/C=C/C(C)(O)C(O)C1C. The highest BCUT2D eigenvalue weighted by Gasteiger charge is 2.37. The van der Waals surface area contributed by atoms with Crippen LogP contribution in [-0.2, 0) is 19.1 Å². The van der Waals surface area contributed by atoms with Crippen LogP contribution in [0.25, 0.3) is 0 Å². The summed E-state index contributed by atoms with van der Waals surface area (Å²) in [5.41, 5.74) is -1.66. The number of carbonyl (C=O) groups excluding carboxylic acids is 2. The van der Waals surface area contributed by atoms with E-state index in [-0.39, 0.29) is 25.7 Å². The highest BCUT2D eigenvalue weighted by Crippen LogP contribution is 2.25. The fourth-order valence-electron chi connectivity index (χ4n) is 6.04. The predicted octanol–water partition coefficient (Wildman–Crippen LogP) is 1.08. The number of aliphatic carboxylic acids is 1. The van der Waals surface area contributed by atoms with Gasteiger partial charge in [0, 0.05) is 25.2 Å². The second kappa shape index (κ2) is 26.5. The van der Waals surface area contributed by atoms with Crippen LogP contribution in [0.2, 0.25) is 0 Å². The zero-order valence-electron chi connectivity index (χ0n) is 32.5. The quantitative estimate of drug-likeness (QED) is 0.166. The summed E-state index contributed by atoms with van der Waals surface area (Å²) in [6, 6.07) is 0. The number of carbonyl (C=O) groups is 3. The molecule has 1 heterocycles. The molecule has 15 nitrogen and oxygen atoms in total. The van der Waals surface area contributed by atoms with Crippen LogP contribution in [0.15, 0.2) is 72.9 Å². The van der Waals surface area contributed by atoms with Crippen molar-refractivity contribution in [2.24, 2.45) is 11.8 Å². The molecule has 0 saturated heterocycles. The van der Waals surface area contributed by atoms with E-state index in [1.54, 1.807) is 43.4 Å². The summed E-state index contributed by atoms with van der Waals surface area (Å²) in [5, 5.41) is 114. The average molecular weight is 797 g/mol. The Hall–Kier alpha value is -3.35. The second-order valence-corrected chi connectivity index (χ2v) is 14.8. The lowest BCUT2D eigenvalue weighted by molar-refractivity contribution is -0.159. The van der Waals surface area contributed by atoms with E-state index in [1.165, 1.54) is 32.1 Å². The number of hydrogen-bond donors (Lipinski definition) is 11. The molecule has 0 spiro atoms. The number of hydrogen-bond acceptors (Lipinski definition) is 14. The molecule has 0 aromatic rings. The third-order valence-electron chi connectivity index (χ3n) is 9.56. The van der Waals surface area contributed by atoms with E-state index in [9.17, 15) is 70.6 Å². The van der Waals surface area contributed by atoms with Gasteiger partial charge >= 0.3 is 11.9 Å². The molecular weight excluding hydrogens is 732 g/mol. The van der Waals surface area contributed by atoms with Gasteiger partial charge in [-0.25, -0.2) is 0 Å². The van der Waals surface area contributed by atoms with Gasteiger partial charge in [-0.2, -0.15) is 0 Å². The van der Waals surface area contributed by atoms with Crippen molar-refractivity contribution in [3.63, 3.8) is 0 Å². The Labute approximate surface area is 329 Å². The van der Waals surface area contributed by atoms with Crippen molar-refractivity contribution < 1.29 is 75.3 Å². The summed E-state index contributed by atoms with van der Waals surface area (Å²) in [4.78, 5) is 36.9. The summed E-state index contributed by atoms with van der Waals surface area (Å²) in [6.07, 6.45) is 4.05. The Morgan fingerprint density at radius 1 is 0.661 bits per heavy atom. The number of carboxylic acids is 1. The topological polar surface area (TPSA) is 283 Å². The maximum Gasteiger partial charge on any atom is 0.311 e. The van der Waals surface area contributed by atoms with Crippen LogP contribution in [0.4, 0.5) is 0 Å². The molecule has 56 heavy (non-hydrogen) atoms. The summed E-state index contributed by atoms with van der Waals surface area (Å²) in [5.74, 6) is -5.78. The Bertz CT molecular complexity index is 1350. The van der Waals surface area contributed by atoms with E-state index in [1.807, 2.05) is 18.2 Å². The van der Waals surface area contributed by atoms with Crippen LogP contribution < -0.4 is 0 Å². The number of allylic oxidation sites excluding steroid dienone is 10. The van der Waals surface area contributed by atoms with Gasteiger partial charge in [0.05, 0.1) is 61.4 Å². The summed E-state index contributed by atoms with van der Waals surface area (Å²) >= 11 is 0. The minimum atomic E-state index is -1.87. The molecule has 11 N–H and O–H groups in total. The molecule has 1 aliphatic rings. The molecule has 318 valence electrons. The van der Waals surface area contributed by atoms with E-state index in [4.69, 9.17) is 4.74 Å². The average Bonchev–Trinajstić information content (AvgIpc) is 3.08. The first-order chi connectivity index (χ1) is 26.2. The first kappa shape index (κ1) is 50.7. The van der Waals surface area contributed by atoms with Crippen molar-refractivity contribution in [1.82, 2.24) is 0 Å². The maximum atomic E-state index is 12.5. The molecule has 13 atom stereocenters. The summed E-state index contributed by atoms with van der Waals surface area (Å²) in [6.45, 7) is 4.56. The molecule has 13 unspecified atom stereocenters. The van der Waals surface area contributed by atoms with Gasteiger partial charge < -0.3 is 60.9 Å². The number of carboxylic acid groups (broad SMARTS) is 1. The van der Waals surface area contributed by atoms with Gasteiger partial charge in [0.2, 0.25) is 0 Å². The number of rotatable bonds is 1. The lowest BCUT2D eigenvalue weighted by Gasteiger charge is -2.33. The number of ketones is 1. The van der Waals surface area contributed by atoms with Crippen molar-refractivity contribution in [3.8, 4) is 0 Å². The fraction of sp³-hybridized carbons (Fsp3) is 0.634. The highest BCUT2D eigenvalue weighted by molar-refractivity contribution is 5.81. The van der Waals surface area contributed by atoms with Crippen LogP contribution in [0.1, 0.15) is 85.0 Å². The van der Waals surface area contributed by atoms with Gasteiger partial charge in [-0.15, -0.1) is 0 Å². The number of cyclic esters (lactones) is 1. The zero-order valence-corrected chi connectivity index (χ0v) is 32.5. The van der Waals surface area contributed by atoms with E-state index < -0.39 is 122 Å². The third-order valence-corrected chi connectivity index (χ3v) is 9.56. The first-order valence-electron chi connectivity index (χ1n) is 19.0. The molecule has 0 radical (unpaired) electrons. The summed E-state index contributed by atoms with van der Waals surface area (Å²) < 4.78 is 5.37. The third kappa shape index (κ3) is 20.7. The molecule has 0 fully saturated rings. The Morgan fingerprint density at radius 3 is 1.84 bits per heavy atom. The Morgan fingerprint density at radius 2 is 1.21 bits per heavy atom. The lowest BCUT2D eigenvalue weighted by atomic mass is 9.86. The monoisotopic (exact) mass is 796 g/mol. The molecule has 0 aliphatic carbocycles. The van der Waals surface area contributed by atoms with Crippen LogP contribution in [-0.4, -0.2) is 141 Å². The standard InChI is InChI=1S/C41H64O15/c1-26-27(2)56-37(51)25-31(45)21-30(44)20-29(43)17-18-33(47)34(48)23-32(46)24-36(50)38(40(53)54)35(49)22-28(42)16-14-12-10-8-6-4-5-7-9-11-13-15-19-41(3,55)39(26)52/h4-6,8,10-16,19,26-31,33-36,38-39,42-45,47-50,52,55H,7,9,17-18,20-25H2,1-3H3,(H,53,54)/b5-4+,8-6+,12-10-,13-11+,16-14+,19-15+. The van der Waals surface area contributed by atoms with Crippen molar-refractivity contribution in [2.45, 2.75) is 152 Å². The van der Waals surface area contributed by atoms with E-state index in [0.29, 0.717) is 12.8 Å². The Balaban J connectivity index is 3.04. The lowest BCUT2D eigenvalue weighted by Crippen LogP contribution is -2.46. The maximum absolute atomic E-state index is 12.5.